The molecule has 1 aromatic rings. The van der Waals surface area contributed by atoms with Gasteiger partial charge in [0.25, 0.3) is 0 Å². The molecule has 0 amide bonds. The standard InChI is InChI=1S/C11H16O3/c1-14-6-5-11(13)8-9-3-2-4-10(12)7-9/h2-4,7,11-13H,5-6,8H2,1H3. The van der Waals surface area contributed by atoms with Gasteiger partial charge in [0.2, 0.25) is 0 Å². The number of rotatable bonds is 5. The molecule has 0 spiro atoms. The smallest absolute Gasteiger partial charge is 0.115 e. The van der Waals surface area contributed by atoms with Crippen molar-refractivity contribution in [2.45, 2.75) is 18.9 Å². The number of aliphatic hydroxyl groups excluding tert-OH is 1. The molecule has 0 saturated heterocycles. The molecule has 0 aliphatic rings. The summed E-state index contributed by atoms with van der Waals surface area (Å²) in [5.41, 5.74) is 0.939. The fraction of sp³-hybridized carbons (Fsp3) is 0.455. The molecule has 14 heavy (non-hydrogen) atoms. The Labute approximate surface area is 84.0 Å². The van der Waals surface area contributed by atoms with Crippen LogP contribution < -0.4 is 0 Å². The largest absolute Gasteiger partial charge is 0.508 e. The van der Waals surface area contributed by atoms with Crippen molar-refractivity contribution in [2.75, 3.05) is 13.7 Å². The summed E-state index contributed by atoms with van der Waals surface area (Å²) in [4.78, 5) is 0. The number of hydrogen-bond acceptors (Lipinski definition) is 3. The molecule has 3 heteroatoms. The first-order valence-electron chi connectivity index (χ1n) is 4.67. The number of ether oxygens (including phenoxy) is 1. The summed E-state index contributed by atoms with van der Waals surface area (Å²) >= 11 is 0. The van der Waals surface area contributed by atoms with Gasteiger partial charge in [-0.15, -0.1) is 0 Å². The number of methoxy groups -OCH3 is 1. The van der Waals surface area contributed by atoms with Crippen LogP contribution in [0.2, 0.25) is 0 Å². The first kappa shape index (κ1) is 11.0. The van der Waals surface area contributed by atoms with Crippen LogP contribution in [-0.4, -0.2) is 30.0 Å². The minimum absolute atomic E-state index is 0.237. The maximum Gasteiger partial charge on any atom is 0.115 e. The highest BCUT2D eigenvalue weighted by Crippen LogP contribution is 2.13. The molecule has 0 heterocycles. The van der Waals surface area contributed by atoms with Crippen molar-refractivity contribution < 1.29 is 14.9 Å². The fourth-order valence-electron chi connectivity index (χ4n) is 1.31. The van der Waals surface area contributed by atoms with E-state index in [-0.39, 0.29) is 5.75 Å². The lowest BCUT2D eigenvalue weighted by Gasteiger charge is -2.09. The molecule has 0 radical (unpaired) electrons. The van der Waals surface area contributed by atoms with Crippen LogP contribution in [0.4, 0.5) is 0 Å². The normalized spacial score (nSPS) is 12.7. The van der Waals surface area contributed by atoms with Crippen molar-refractivity contribution in [3.05, 3.63) is 29.8 Å². The van der Waals surface area contributed by atoms with Crippen LogP contribution in [0.5, 0.6) is 5.75 Å². The molecular weight excluding hydrogens is 180 g/mol. The predicted molar refractivity (Wildman–Crippen MR) is 54.3 cm³/mol. The Kier molecular flexibility index (Phi) is 4.43. The molecule has 0 aliphatic heterocycles. The second-order valence-electron chi connectivity index (χ2n) is 3.31. The number of phenolic OH excluding ortho intramolecular Hbond substituents is 1. The maximum atomic E-state index is 9.56. The molecule has 0 bridgehead atoms. The fourth-order valence-corrected chi connectivity index (χ4v) is 1.31. The Hall–Kier alpha value is -1.06. The Morgan fingerprint density at radius 1 is 1.43 bits per heavy atom. The summed E-state index contributed by atoms with van der Waals surface area (Å²) in [6, 6.07) is 6.94. The number of hydrogen-bond donors (Lipinski definition) is 2. The van der Waals surface area contributed by atoms with Crippen molar-refractivity contribution >= 4 is 0 Å². The van der Waals surface area contributed by atoms with E-state index >= 15 is 0 Å². The molecule has 0 aliphatic carbocycles. The average molecular weight is 196 g/mol. The summed E-state index contributed by atoms with van der Waals surface area (Å²) in [5.74, 6) is 0.237. The molecule has 0 saturated carbocycles. The van der Waals surface area contributed by atoms with Gasteiger partial charge < -0.3 is 14.9 Å². The van der Waals surface area contributed by atoms with Crippen molar-refractivity contribution in [2.24, 2.45) is 0 Å². The number of aromatic hydroxyl groups is 1. The van der Waals surface area contributed by atoms with Crippen molar-refractivity contribution in [3.8, 4) is 5.75 Å². The van der Waals surface area contributed by atoms with Gasteiger partial charge in [0.15, 0.2) is 0 Å². The molecule has 78 valence electrons. The van der Waals surface area contributed by atoms with E-state index < -0.39 is 6.10 Å². The van der Waals surface area contributed by atoms with E-state index in [1.807, 2.05) is 6.07 Å². The summed E-state index contributed by atoms with van der Waals surface area (Å²) < 4.78 is 4.86. The summed E-state index contributed by atoms with van der Waals surface area (Å²) in [7, 11) is 1.61. The van der Waals surface area contributed by atoms with Gasteiger partial charge in [0.1, 0.15) is 5.75 Å². The highest BCUT2D eigenvalue weighted by Gasteiger charge is 2.05. The summed E-state index contributed by atoms with van der Waals surface area (Å²) in [6.07, 6.45) is 0.765. The van der Waals surface area contributed by atoms with Gasteiger partial charge in [-0.1, -0.05) is 12.1 Å². The third-order valence-electron chi connectivity index (χ3n) is 2.04. The van der Waals surface area contributed by atoms with Crippen LogP contribution >= 0.6 is 0 Å². The monoisotopic (exact) mass is 196 g/mol. The highest BCUT2D eigenvalue weighted by atomic mass is 16.5. The van der Waals surface area contributed by atoms with Crippen LogP contribution in [-0.2, 0) is 11.2 Å². The molecule has 0 fully saturated rings. The van der Waals surface area contributed by atoms with E-state index in [2.05, 4.69) is 0 Å². The zero-order chi connectivity index (χ0) is 10.4. The number of phenols is 1. The minimum Gasteiger partial charge on any atom is -0.508 e. The predicted octanol–water partition coefficient (Wildman–Crippen LogP) is 1.33. The van der Waals surface area contributed by atoms with Crippen LogP contribution in [0.1, 0.15) is 12.0 Å². The highest BCUT2D eigenvalue weighted by molar-refractivity contribution is 5.27. The molecule has 1 aromatic carbocycles. The second-order valence-corrected chi connectivity index (χ2v) is 3.31. The SMILES string of the molecule is COCCC(O)Cc1cccc(O)c1. The lowest BCUT2D eigenvalue weighted by molar-refractivity contribution is 0.110. The van der Waals surface area contributed by atoms with E-state index in [1.165, 1.54) is 0 Å². The van der Waals surface area contributed by atoms with E-state index in [1.54, 1.807) is 25.3 Å². The molecule has 3 nitrogen and oxygen atoms in total. The van der Waals surface area contributed by atoms with Crippen molar-refractivity contribution in [1.29, 1.82) is 0 Å². The lowest BCUT2D eigenvalue weighted by atomic mass is 10.1. The molecule has 2 N–H and O–H groups in total. The Balaban J connectivity index is 2.43. The maximum absolute atomic E-state index is 9.56. The molecule has 1 rings (SSSR count). The van der Waals surface area contributed by atoms with E-state index in [0.717, 1.165) is 5.56 Å². The quantitative estimate of drug-likeness (QED) is 0.747. The van der Waals surface area contributed by atoms with Crippen LogP contribution in [0.3, 0.4) is 0 Å². The topological polar surface area (TPSA) is 49.7 Å². The Bertz CT molecular complexity index is 273. The van der Waals surface area contributed by atoms with Crippen LogP contribution in [0.25, 0.3) is 0 Å². The van der Waals surface area contributed by atoms with E-state index in [0.29, 0.717) is 19.4 Å². The molecular formula is C11H16O3. The zero-order valence-electron chi connectivity index (χ0n) is 8.31. The van der Waals surface area contributed by atoms with Gasteiger partial charge in [0, 0.05) is 13.7 Å². The Morgan fingerprint density at radius 3 is 2.86 bits per heavy atom. The Morgan fingerprint density at radius 2 is 2.21 bits per heavy atom. The third kappa shape index (κ3) is 3.77. The number of benzene rings is 1. The molecule has 1 atom stereocenters. The third-order valence-corrected chi connectivity index (χ3v) is 2.04. The van der Waals surface area contributed by atoms with Gasteiger partial charge in [0.05, 0.1) is 6.10 Å². The number of aliphatic hydroxyl groups is 1. The zero-order valence-corrected chi connectivity index (χ0v) is 8.31. The van der Waals surface area contributed by atoms with Gasteiger partial charge in [-0.3, -0.25) is 0 Å². The van der Waals surface area contributed by atoms with Crippen molar-refractivity contribution in [3.63, 3.8) is 0 Å². The van der Waals surface area contributed by atoms with Gasteiger partial charge in [-0.2, -0.15) is 0 Å². The van der Waals surface area contributed by atoms with Gasteiger partial charge >= 0.3 is 0 Å². The van der Waals surface area contributed by atoms with Gasteiger partial charge in [-0.25, -0.2) is 0 Å². The average Bonchev–Trinajstić information content (AvgIpc) is 2.15. The lowest BCUT2D eigenvalue weighted by Crippen LogP contribution is -2.12. The van der Waals surface area contributed by atoms with Crippen molar-refractivity contribution in [1.82, 2.24) is 0 Å². The van der Waals surface area contributed by atoms with Crippen LogP contribution in [0, 0.1) is 0 Å². The molecule has 0 aromatic heterocycles. The van der Waals surface area contributed by atoms with E-state index in [4.69, 9.17) is 4.74 Å². The first-order chi connectivity index (χ1) is 6.72. The first-order valence-corrected chi connectivity index (χ1v) is 4.67. The molecule has 1 unspecified atom stereocenters. The van der Waals surface area contributed by atoms with Crippen LogP contribution in [0.15, 0.2) is 24.3 Å². The van der Waals surface area contributed by atoms with E-state index in [9.17, 15) is 10.2 Å². The summed E-state index contributed by atoms with van der Waals surface area (Å²) in [6.45, 7) is 0.556. The second kappa shape index (κ2) is 5.62. The van der Waals surface area contributed by atoms with Gasteiger partial charge in [-0.05, 0) is 30.5 Å². The minimum atomic E-state index is -0.406. The summed E-state index contributed by atoms with van der Waals surface area (Å²) in [5, 5.41) is 18.8.